The second-order valence-electron chi connectivity index (χ2n) is 4.27. The van der Waals surface area contributed by atoms with Crippen LogP contribution in [0, 0.1) is 5.82 Å². The van der Waals surface area contributed by atoms with E-state index in [0.717, 1.165) is 25.9 Å². The summed E-state index contributed by atoms with van der Waals surface area (Å²) < 4.78 is 18.5. The number of hydrogen-bond acceptors (Lipinski definition) is 3. The Morgan fingerprint density at radius 1 is 1.53 bits per heavy atom. The molecule has 4 heteroatoms. The summed E-state index contributed by atoms with van der Waals surface area (Å²) in [6, 6.07) is 4.58. The molecule has 1 aromatic rings. The van der Waals surface area contributed by atoms with Crippen molar-refractivity contribution in [1.82, 2.24) is 5.32 Å². The van der Waals surface area contributed by atoms with E-state index in [4.69, 9.17) is 0 Å². The highest BCUT2D eigenvalue weighted by Gasteiger charge is 2.19. The Labute approximate surface area is 100.0 Å². The molecule has 0 aromatic heterocycles. The van der Waals surface area contributed by atoms with Gasteiger partial charge in [0.2, 0.25) is 0 Å². The molecule has 0 amide bonds. The van der Waals surface area contributed by atoms with Gasteiger partial charge in [-0.25, -0.2) is 9.18 Å². The number of halogens is 1. The molecule has 2 rings (SSSR count). The lowest BCUT2D eigenvalue weighted by Crippen LogP contribution is -2.28. The molecule has 0 saturated carbocycles. The molecule has 1 atom stereocenters. The number of carbonyl (C=O) groups excluding carboxylic acids is 1. The van der Waals surface area contributed by atoms with Crippen LogP contribution in [0.3, 0.4) is 0 Å². The maximum atomic E-state index is 13.9. The third kappa shape index (κ3) is 2.64. The summed E-state index contributed by atoms with van der Waals surface area (Å²) >= 11 is 0. The van der Waals surface area contributed by atoms with E-state index in [1.54, 1.807) is 12.1 Å². The van der Waals surface area contributed by atoms with E-state index >= 15 is 0 Å². The predicted octanol–water partition coefficient (Wildman–Crippen LogP) is 2.08. The summed E-state index contributed by atoms with van der Waals surface area (Å²) in [6.45, 7) is 1.80. The van der Waals surface area contributed by atoms with Gasteiger partial charge in [-0.2, -0.15) is 0 Å². The molecule has 0 unspecified atom stereocenters. The van der Waals surface area contributed by atoms with Crippen LogP contribution in [-0.4, -0.2) is 26.2 Å². The lowest BCUT2D eigenvalue weighted by Gasteiger charge is -2.23. The van der Waals surface area contributed by atoms with E-state index in [1.165, 1.54) is 13.2 Å². The van der Waals surface area contributed by atoms with E-state index in [9.17, 15) is 9.18 Å². The van der Waals surface area contributed by atoms with Gasteiger partial charge in [0.15, 0.2) is 0 Å². The van der Waals surface area contributed by atoms with E-state index in [1.807, 2.05) is 0 Å². The number of nitrogens with one attached hydrogen (secondary N) is 1. The first-order valence-electron chi connectivity index (χ1n) is 5.81. The van der Waals surface area contributed by atoms with Crippen molar-refractivity contribution in [3.05, 3.63) is 35.1 Å². The van der Waals surface area contributed by atoms with Crippen LogP contribution in [0.15, 0.2) is 18.2 Å². The highest BCUT2D eigenvalue weighted by molar-refractivity contribution is 5.89. The van der Waals surface area contributed by atoms with Gasteiger partial charge in [-0.15, -0.1) is 0 Å². The summed E-state index contributed by atoms with van der Waals surface area (Å²) in [5, 5.41) is 3.25. The second-order valence-corrected chi connectivity index (χ2v) is 4.27. The van der Waals surface area contributed by atoms with Crippen LogP contribution < -0.4 is 5.32 Å². The van der Waals surface area contributed by atoms with Crippen LogP contribution in [0.4, 0.5) is 4.39 Å². The smallest absolute Gasteiger partial charge is 0.337 e. The van der Waals surface area contributed by atoms with E-state index < -0.39 is 5.97 Å². The number of hydrogen-bond donors (Lipinski definition) is 1. The molecule has 92 valence electrons. The number of benzene rings is 1. The van der Waals surface area contributed by atoms with Crippen LogP contribution in [0.25, 0.3) is 0 Å². The predicted molar refractivity (Wildman–Crippen MR) is 62.6 cm³/mol. The Balaban J connectivity index is 2.21. The summed E-state index contributed by atoms with van der Waals surface area (Å²) in [7, 11) is 1.29. The average Bonchev–Trinajstić information content (AvgIpc) is 2.38. The van der Waals surface area contributed by atoms with Crippen molar-refractivity contribution in [2.24, 2.45) is 0 Å². The quantitative estimate of drug-likeness (QED) is 0.800. The summed E-state index contributed by atoms with van der Waals surface area (Å²) in [4.78, 5) is 11.3. The zero-order chi connectivity index (χ0) is 12.3. The SMILES string of the molecule is COC(=O)c1ccc([C@@H]2CCCNC2)c(F)c1. The van der Waals surface area contributed by atoms with Crippen molar-refractivity contribution >= 4 is 5.97 Å². The highest BCUT2D eigenvalue weighted by atomic mass is 19.1. The number of methoxy groups -OCH3 is 1. The van der Waals surface area contributed by atoms with Gasteiger partial charge in [0.05, 0.1) is 12.7 Å². The molecule has 17 heavy (non-hydrogen) atoms. The van der Waals surface area contributed by atoms with Crippen molar-refractivity contribution in [3.8, 4) is 0 Å². The van der Waals surface area contributed by atoms with Gasteiger partial charge in [0.1, 0.15) is 5.82 Å². The van der Waals surface area contributed by atoms with Crippen molar-refractivity contribution in [2.75, 3.05) is 20.2 Å². The van der Waals surface area contributed by atoms with Crippen molar-refractivity contribution in [2.45, 2.75) is 18.8 Å². The Hall–Kier alpha value is -1.42. The fourth-order valence-electron chi connectivity index (χ4n) is 2.22. The van der Waals surface area contributed by atoms with Gasteiger partial charge >= 0.3 is 5.97 Å². The van der Waals surface area contributed by atoms with Crippen molar-refractivity contribution < 1.29 is 13.9 Å². The third-order valence-corrected chi connectivity index (χ3v) is 3.16. The lowest BCUT2D eigenvalue weighted by molar-refractivity contribution is 0.0600. The molecule has 3 nitrogen and oxygen atoms in total. The summed E-state index contributed by atoms with van der Waals surface area (Å²) in [5.74, 6) is -0.616. The zero-order valence-corrected chi connectivity index (χ0v) is 9.83. The largest absolute Gasteiger partial charge is 0.465 e. The van der Waals surface area contributed by atoms with Crippen LogP contribution in [-0.2, 0) is 4.74 Å². The topological polar surface area (TPSA) is 38.3 Å². The van der Waals surface area contributed by atoms with Crippen molar-refractivity contribution in [1.29, 1.82) is 0 Å². The molecule has 0 aliphatic carbocycles. The first-order chi connectivity index (χ1) is 8.22. The minimum absolute atomic E-state index is 0.204. The van der Waals surface area contributed by atoms with Gasteiger partial charge in [0.25, 0.3) is 0 Å². The molecule has 1 aromatic carbocycles. The molecule has 1 saturated heterocycles. The Kier molecular flexibility index (Phi) is 3.74. The van der Waals surface area contributed by atoms with E-state index in [2.05, 4.69) is 10.1 Å². The number of esters is 1. The first-order valence-corrected chi connectivity index (χ1v) is 5.81. The molecule has 0 bridgehead atoms. The number of carbonyl (C=O) groups is 1. The average molecular weight is 237 g/mol. The van der Waals surface area contributed by atoms with Gasteiger partial charge in [0, 0.05) is 6.54 Å². The standard InChI is InChI=1S/C13H16FNO2/c1-17-13(16)9-4-5-11(12(14)7-9)10-3-2-6-15-8-10/h4-5,7,10,15H,2-3,6,8H2,1H3/t10-/m1/s1. The zero-order valence-electron chi connectivity index (χ0n) is 9.83. The second kappa shape index (κ2) is 5.27. The summed E-state index contributed by atoms with van der Waals surface area (Å²) in [6.07, 6.45) is 2.05. The molecule has 0 radical (unpaired) electrons. The Bertz CT molecular complexity index is 414. The van der Waals surface area contributed by atoms with E-state index in [-0.39, 0.29) is 17.3 Å². The molecule has 1 fully saturated rings. The van der Waals surface area contributed by atoms with Crippen LogP contribution in [0.1, 0.15) is 34.7 Å². The Morgan fingerprint density at radius 3 is 2.94 bits per heavy atom. The Morgan fingerprint density at radius 2 is 2.35 bits per heavy atom. The van der Waals surface area contributed by atoms with Gasteiger partial charge in [-0.1, -0.05) is 6.07 Å². The van der Waals surface area contributed by atoms with Gasteiger partial charge in [-0.05, 0) is 43.0 Å². The van der Waals surface area contributed by atoms with Crippen molar-refractivity contribution in [3.63, 3.8) is 0 Å². The fraction of sp³-hybridized carbons (Fsp3) is 0.462. The molecule has 1 aliphatic heterocycles. The molecule has 1 heterocycles. The van der Waals surface area contributed by atoms with E-state index in [0.29, 0.717) is 5.56 Å². The van der Waals surface area contributed by atoms with Gasteiger partial charge < -0.3 is 10.1 Å². The number of piperidine rings is 1. The highest BCUT2D eigenvalue weighted by Crippen LogP contribution is 2.26. The summed E-state index contributed by atoms with van der Waals surface area (Å²) in [5.41, 5.74) is 0.947. The van der Waals surface area contributed by atoms with Crippen LogP contribution in [0.5, 0.6) is 0 Å². The number of ether oxygens (including phenoxy) is 1. The molecule has 1 N–H and O–H groups in total. The van der Waals surface area contributed by atoms with Crippen LogP contribution in [0.2, 0.25) is 0 Å². The maximum absolute atomic E-state index is 13.9. The monoisotopic (exact) mass is 237 g/mol. The fourth-order valence-corrected chi connectivity index (χ4v) is 2.22. The molecular weight excluding hydrogens is 221 g/mol. The minimum Gasteiger partial charge on any atom is -0.465 e. The molecule has 1 aliphatic rings. The van der Waals surface area contributed by atoms with Crippen LogP contribution >= 0.6 is 0 Å². The maximum Gasteiger partial charge on any atom is 0.337 e. The number of rotatable bonds is 2. The first kappa shape index (κ1) is 12.0. The lowest BCUT2D eigenvalue weighted by atomic mass is 9.90. The third-order valence-electron chi connectivity index (χ3n) is 3.16. The minimum atomic E-state index is -0.503. The molecule has 0 spiro atoms. The molecular formula is C13H16FNO2. The normalized spacial score (nSPS) is 20.0. The van der Waals surface area contributed by atoms with Gasteiger partial charge in [-0.3, -0.25) is 0 Å².